The van der Waals surface area contributed by atoms with Crippen LogP contribution in [0.4, 0.5) is 5.69 Å². The number of rotatable bonds is 9. The second kappa shape index (κ2) is 9.50. The fourth-order valence-electron chi connectivity index (χ4n) is 1.72. The number of hydrogen-bond acceptors (Lipinski definition) is 3. The molecule has 0 aliphatic heterocycles. The van der Waals surface area contributed by atoms with Crippen molar-refractivity contribution in [1.82, 2.24) is 5.32 Å². The number of nitrogens with one attached hydrogen (secondary N) is 2. The maximum atomic E-state index is 11.7. The molecule has 112 valence electrons. The van der Waals surface area contributed by atoms with Gasteiger partial charge in [0.05, 0.1) is 13.0 Å². The highest BCUT2D eigenvalue weighted by Crippen LogP contribution is 2.11. The van der Waals surface area contributed by atoms with Gasteiger partial charge in [-0.2, -0.15) is 0 Å². The smallest absolute Gasteiger partial charge is 0.226 e. The van der Waals surface area contributed by atoms with Gasteiger partial charge in [-0.3, -0.25) is 4.79 Å². The Morgan fingerprint density at radius 3 is 2.80 bits per heavy atom. The normalized spacial score (nSPS) is 10.8. The van der Waals surface area contributed by atoms with Crippen LogP contribution in [0, 0.1) is 0 Å². The lowest BCUT2D eigenvalue weighted by Gasteiger charge is -2.10. The fourth-order valence-corrected chi connectivity index (χ4v) is 1.72. The zero-order valence-electron chi connectivity index (χ0n) is 12.7. The fraction of sp³-hybridized carbons (Fsp3) is 0.562. The van der Waals surface area contributed by atoms with Crippen molar-refractivity contribution in [3.05, 3.63) is 29.8 Å². The molecule has 0 heterocycles. The minimum absolute atomic E-state index is 0.00456. The Labute approximate surface area is 121 Å². The van der Waals surface area contributed by atoms with Gasteiger partial charge in [0.2, 0.25) is 5.91 Å². The first kappa shape index (κ1) is 16.7. The Balaban J connectivity index is 2.39. The molecule has 0 saturated carbocycles. The molecule has 0 atom stereocenters. The van der Waals surface area contributed by atoms with E-state index >= 15 is 0 Å². The first-order valence-corrected chi connectivity index (χ1v) is 7.31. The van der Waals surface area contributed by atoms with E-state index in [0.717, 1.165) is 18.7 Å². The molecule has 4 nitrogen and oxygen atoms in total. The molecular formula is C16H26N2O2. The second-order valence-electron chi connectivity index (χ2n) is 5.15. The van der Waals surface area contributed by atoms with E-state index in [2.05, 4.69) is 37.5 Å². The van der Waals surface area contributed by atoms with Crippen LogP contribution >= 0.6 is 0 Å². The monoisotopic (exact) mass is 278 g/mol. The molecule has 0 bridgehead atoms. The highest BCUT2D eigenvalue weighted by atomic mass is 16.5. The van der Waals surface area contributed by atoms with Gasteiger partial charge in [0.15, 0.2) is 0 Å². The summed E-state index contributed by atoms with van der Waals surface area (Å²) < 4.78 is 5.31. The maximum absolute atomic E-state index is 11.7. The summed E-state index contributed by atoms with van der Waals surface area (Å²) in [6.45, 7) is 8.28. The Morgan fingerprint density at radius 2 is 2.10 bits per heavy atom. The molecule has 0 fully saturated rings. The minimum atomic E-state index is -0.00456. The van der Waals surface area contributed by atoms with Crippen LogP contribution in [0.25, 0.3) is 0 Å². The van der Waals surface area contributed by atoms with E-state index in [-0.39, 0.29) is 5.91 Å². The maximum Gasteiger partial charge on any atom is 0.226 e. The SMILES string of the molecule is CCCOCCC(=O)Nc1cccc(CNC(C)C)c1. The third kappa shape index (κ3) is 7.26. The van der Waals surface area contributed by atoms with Crippen LogP contribution in [0.15, 0.2) is 24.3 Å². The average Bonchev–Trinajstić information content (AvgIpc) is 2.42. The summed E-state index contributed by atoms with van der Waals surface area (Å²) in [6.07, 6.45) is 1.38. The lowest BCUT2D eigenvalue weighted by Crippen LogP contribution is -2.22. The predicted molar refractivity (Wildman–Crippen MR) is 82.8 cm³/mol. The summed E-state index contributed by atoms with van der Waals surface area (Å²) in [6, 6.07) is 8.36. The lowest BCUT2D eigenvalue weighted by atomic mass is 10.2. The molecule has 0 aromatic heterocycles. The van der Waals surface area contributed by atoms with Crippen LogP contribution in [0.2, 0.25) is 0 Å². The Morgan fingerprint density at radius 1 is 1.30 bits per heavy atom. The quantitative estimate of drug-likeness (QED) is 0.683. The van der Waals surface area contributed by atoms with Crippen LogP contribution in [-0.2, 0) is 16.1 Å². The number of ether oxygens (including phenoxy) is 1. The van der Waals surface area contributed by atoms with Crippen molar-refractivity contribution < 1.29 is 9.53 Å². The first-order chi connectivity index (χ1) is 9.61. The van der Waals surface area contributed by atoms with Gasteiger partial charge in [0, 0.05) is 24.9 Å². The molecule has 0 radical (unpaired) electrons. The van der Waals surface area contributed by atoms with Gasteiger partial charge >= 0.3 is 0 Å². The summed E-state index contributed by atoms with van der Waals surface area (Å²) in [4.78, 5) is 11.7. The molecule has 1 amide bonds. The largest absolute Gasteiger partial charge is 0.381 e. The summed E-state index contributed by atoms with van der Waals surface area (Å²) in [7, 11) is 0. The van der Waals surface area contributed by atoms with E-state index in [1.807, 2.05) is 18.2 Å². The zero-order valence-corrected chi connectivity index (χ0v) is 12.7. The van der Waals surface area contributed by atoms with E-state index in [1.54, 1.807) is 0 Å². The van der Waals surface area contributed by atoms with E-state index < -0.39 is 0 Å². The number of carbonyl (C=O) groups excluding carboxylic acids is 1. The predicted octanol–water partition coefficient (Wildman–Crippen LogP) is 2.94. The number of amides is 1. The van der Waals surface area contributed by atoms with Crippen molar-refractivity contribution in [2.75, 3.05) is 18.5 Å². The molecule has 2 N–H and O–H groups in total. The van der Waals surface area contributed by atoms with Crippen molar-refractivity contribution in [2.24, 2.45) is 0 Å². The number of anilines is 1. The van der Waals surface area contributed by atoms with Crippen molar-refractivity contribution in [1.29, 1.82) is 0 Å². The topological polar surface area (TPSA) is 50.4 Å². The third-order valence-corrected chi connectivity index (χ3v) is 2.75. The third-order valence-electron chi connectivity index (χ3n) is 2.75. The van der Waals surface area contributed by atoms with Crippen molar-refractivity contribution in [3.63, 3.8) is 0 Å². The molecule has 1 aromatic carbocycles. The summed E-state index contributed by atoms with van der Waals surface area (Å²) in [5.74, 6) is -0.00456. The Bertz CT molecular complexity index is 405. The van der Waals surface area contributed by atoms with Crippen molar-refractivity contribution >= 4 is 11.6 Å². The number of benzene rings is 1. The molecule has 1 rings (SSSR count). The van der Waals surface area contributed by atoms with Crippen LogP contribution in [-0.4, -0.2) is 25.2 Å². The van der Waals surface area contributed by atoms with Crippen LogP contribution < -0.4 is 10.6 Å². The van der Waals surface area contributed by atoms with Gasteiger partial charge < -0.3 is 15.4 Å². The Kier molecular flexibility index (Phi) is 7.92. The molecular weight excluding hydrogens is 252 g/mol. The van der Waals surface area contributed by atoms with Crippen LogP contribution in [0.1, 0.15) is 39.2 Å². The molecule has 0 spiro atoms. The highest BCUT2D eigenvalue weighted by Gasteiger charge is 2.03. The van der Waals surface area contributed by atoms with Gasteiger partial charge in [-0.25, -0.2) is 0 Å². The van der Waals surface area contributed by atoms with E-state index in [0.29, 0.717) is 25.7 Å². The molecule has 0 aliphatic carbocycles. The minimum Gasteiger partial charge on any atom is -0.381 e. The molecule has 4 heteroatoms. The van der Waals surface area contributed by atoms with Gasteiger partial charge in [-0.05, 0) is 24.1 Å². The molecule has 20 heavy (non-hydrogen) atoms. The molecule has 0 saturated heterocycles. The van der Waals surface area contributed by atoms with Crippen LogP contribution in [0.3, 0.4) is 0 Å². The zero-order chi connectivity index (χ0) is 14.8. The van der Waals surface area contributed by atoms with E-state index in [4.69, 9.17) is 4.74 Å². The van der Waals surface area contributed by atoms with Gasteiger partial charge in [-0.1, -0.05) is 32.9 Å². The molecule has 1 aromatic rings. The molecule has 0 unspecified atom stereocenters. The average molecular weight is 278 g/mol. The second-order valence-corrected chi connectivity index (χ2v) is 5.15. The van der Waals surface area contributed by atoms with Gasteiger partial charge in [0.25, 0.3) is 0 Å². The van der Waals surface area contributed by atoms with Crippen molar-refractivity contribution in [2.45, 2.75) is 46.2 Å². The Hall–Kier alpha value is -1.39. The summed E-state index contributed by atoms with van der Waals surface area (Å²) in [5, 5.41) is 6.26. The lowest BCUT2D eigenvalue weighted by molar-refractivity contribution is -0.117. The van der Waals surface area contributed by atoms with E-state index in [1.165, 1.54) is 5.56 Å². The van der Waals surface area contributed by atoms with Gasteiger partial charge in [-0.15, -0.1) is 0 Å². The highest BCUT2D eigenvalue weighted by molar-refractivity contribution is 5.90. The standard InChI is InChI=1S/C16H26N2O2/c1-4-9-20-10-8-16(19)18-15-7-5-6-14(11-15)12-17-13(2)3/h5-7,11,13,17H,4,8-10,12H2,1-3H3,(H,18,19). The summed E-state index contributed by atoms with van der Waals surface area (Å²) in [5.41, 5.74) is 2.01. The van der Waals surface area contributed by atoms with Crippen LogP contribution in [0.5, 0.6) is 0 Å². The summed E-state index contributed by atoms with van der Waals surface area (Å²) >= 11 is 0. The van der Waals surface area contributed by atoms with Gasteiger partial charge in [0.1, 0.15) is 0 Å². The van der Waals surface area contributed by atoms with E-state index in [9.17, 15) is 4.79 Å². The van der Waals surface area contributed by atoms with Crippen molar-refractivity contribution in [3.8, 4) is 0 Å². The number of carbonyl (C=O) groups is 1. The first-order valence-electron chi connectivity index (χ1n) is 7.31. The number of hydrogen-bond donors (Lipinski definition) is 2. The molecule has 0 aliphatic rings.